The molecule has 5 heteroatoms. The maximum absolute atomic E-state index is 4.50. The molecule has 2 aromatic heterocycles. The Bertz CT molecular complexity index is 883. The van der Waals surface area contributed by atoms with Gasteiger partial charge in [-0.05, 0) is 49.4 Å². The Morgan fingerprint density at radius 2 is 1.58 bits per heavy atom. The molecule has 134 valence electrons. The molecule has 0 unspecified atom stereocenters. The van der Waals surface area contributed by atoms with Crippen molar-refractivity contribution in [2.45, 2.75) is 13.5 Å². The number of nitrogens with zero attached hydrogens (tertiary/aromatic N) is 4. The van der Waals surface area contributed by atoms with Gasteiger partial charge in [0.1, 0.15) is 5.52 Å². The van der Waals surface area contributed by atoms with Crippen molar-refractivity contribution in [3.63, 3.8) is 0 Å². The van der Waals surface area contributed by atoms with Crippen molar-refractivity contribution in [1.29, 1.82) is 0 Å². The number of hydrogen-bond acceptors (Lipinski definition) is 5. The molecular weight excluding hydrogens is 322 g/mol. The van der Waals surface area contributed by atoms with Crippen LogP contribution in [0.15, 0.2) is 48.8 Å². The summed E-state index contributed by atoms with van der Waals surface area (Å²) in [5, 5.41) is 3.51. The molecule has 0 aliphatic carbocycles. The van der Waals surface area contributed by atoms with E-state index in [1.165, 1.54) is 11.3 Å². The number of pyridine rings is 2. The number of benzene rings is 1. The summed E-state index contributed by atoms with van der Waals surface area (Å²) >= 11 is 0. The lowest BCUT2D eigenvalue weighted by Crippen LogP contribution is -2.44. The average Bonchev–Trinajstić information content (AvgIpc) is 2.68. The molecule has 0 spiro atoms. The molecule has 26 heavy (non-hydrogen) atoms. The van der Waals surface area contributed by atoms with E-state index in [4.69, 9.17) is 0 Å². The smallest absolute Gasteiger partial charge is 0.112 e. The summed E-state index contributed by atoms with van der Waals surface area (Å²) in [7, 11) is 2.19. The molecule has 3 aromatic rings. The minimum Gasteiger partial charge on any atom is -0.379 e. The number of piperazine rings is 1. The topological polar surface area (TPSA) is 44.3 Å². The molecule has 0 saturated carbocycles. The van der Waals surface area contributed by atoms with Crippen LogP contribution in [0.2, 0.25) is 0 Å². The molecule has 4 rings (SSSR count). The van der Waals surface area contributed by atoms with E-state index < -0.39 is 0 Å². The third-order valence-electron chi connectivity index (χ3n) is 5.11. The highest BCUT2D eigenvalue weighted by atomic mass is 15.2. The van der Waals surface area contributed by atoms with Gasteiger partial charge in [-0.2, -0.15) is 0 Å². The minimum absolute atomic E-state index is 0.776. The molecule has 1 saturated heterocycles. The zero-order chi connectivity index (χ0) is 17.9. The van der Waals surface area contributed by atoms with Crippen LogP contribution in [-0.4, -0.2) is 48.1 Å². The molecule has 0 amide bonds. The van der Waals surface area contributed by atoms with E-state index in [9.17, 15) is 0 Å². The van der Waals surface area contributed by atoms with Crippen molar-refractivity contribution in [3.05, 3.63) is 59.9 Å². The molecule has 1 fully saturated rings. The second-order valence-corrected chi connectivity index (χ2v) is 6.99. The van der Waals surface area contributed by atoms with Crippen LogP contribution in [0.3, 0.4) is 0 Å². The Morgan fingerprint density at radius 3 is 2.35 bits per heavy atom. The van der Waals surface area contributed by atoms with Gasteiger partial charge in [-0.15, -0.1) is 0 Å². The van der Waals surface area contributed by atoms with Crippen LogP contribution in [0.5, 0.6) is 0 Å². The second kappa shape index (κ2) is 7.30. The van der Waals surface area contributed by atoms with Gasteiger partial charge in [-0.1, -0.05) is 12.1 Å². The quantitative estimate of drug-likeness (QED) is 0.784. The van der Waals surface area contributed by atoms with Crippen LogP contribution in [0.25, 0.3) is 11.0 Å². The van der Waals surface area contributed by atoms with E-state index in [0.717, 1.165) is 55.0 Å². The highest BCUT2D eigenvalue weighted by Gasteiger charge is 2.14. The zero-order valence-corrected chi connectivity index (χ0v) is 15.4. The summed E-state index contributed by atoms with van der Waals surface area (Å²) in [6, 6.07) is 12.9. The Morgan fingerprint density at radius 1 is 0.885 bits per heavy atom. The monoisotopic (exact) mass is 347 g/mol. The van der Waals surface area contributed by atoms with Gasteiger partial charge in [0.25, 0.3) is 0 Å². The van der Waals surface area contributed by atoms with Gasteiger partial charge < -0.3 is 15.1 Å². The molecule has 5 nitrogen and oxygen atoms in total. The van der Waals surface area contributed by atoms with Crippen molar-refractivity contribution in [3.8, 4) is 0 Å². The molecule has 1 aliphatic heterocycles. The molecule has 1 N–H and O–H groups in total. The third kappa shape index (κ3) is 3.48. The number of anilines is 2. The molecular formula is C21H25N5. The Labute approximate surface area is 154 Å². The number of aromatic nitrogens is 2. The SMILES string of the molecule is Cc1ccnc2c(NCc3ccc(N4CCN(C)CC4)cc3)ccnc12. The first-order valence-electron chi connectivity index (χ1n) is 9.17. The van der Waals surface area contributed by atoms with E-state index >= 15 is 0 Å². The fourth-order valence-corrected chi connectivity index (χ4v) is 3.40. The Kier molecular flexibility index (Phi) is 4.71. The lowest BCUT2D eigenvalue weighted by Gasteiger charge is -2.34. The number of likely N-dealkylation sites (N-methyl/N-ethyl adjacent to an activating group) is 1. The van der Waals surface area contributed by atoms with Crippen molar-refractivity contribution < 1.29 is 0 Å². The van der Waals surface area contributed by atoms with E-state index in [1.807, 2.05) is 24.5 Å². The van der Waals surface area contributed by atoms with Crippen LogP contribution in [0, 0.1) is 6.92 Å². The van der Waals surface area contributed by atoms with Gasteiger partial charge in [0, 0.05) is 50.8 Å². The fraction of sp³-hybridized carbons (Fsp3) is 0.333. The average molecular weight is 347 g/mol. The molecule has 0 bridgehead atoms. The van der Waals surface area contributed by atoms with Crippen LogP contribution < -0.4 is 10.2 Å². The van der Waals surface area contributed by atoms with Gasteiger partial charge in [0.2, 0.25) is 0 Å². The van der Waals surface area contributed by atoms with E-state index in [0.29, 0.717) is 0 Å². The summed E-state index contributed by atoms with van der Waals surface area (Å²) in [5.74, 6) is 0. The second-order valence-electron chi connectivity index (χ2n) is 6.99. The number of fused-ring (bicyclic) bond motifs is 1. The van der Waals surface area contributed by atoms with Crippen LogP contribution in [0.1, 0.15) is 11.1 Å². The molecule has 1 aliphatic rings. The number of hydrogen-bond donors (Lipinski definition) is 1. The number of aryl methyl sites for hydroxylation is 1. The van der Waals surface area contributed by atoms with Crippen molar-refractivity contribution in [1.82, 2.24) is 14.9 Å². The molecule has 0 radical (unpaired) electrons. The van der Waals surface area contributed by atoms with Crippen LogP contribution in [-0.2, 0) is 6.54 Å². The predicted octanol–water partition coefficient (Wildman–Crippen LogP) is 3.30. The van der Waals surface area contributed by atoms with Crippen molar-refractivity contribution in [2.75, 3.05) is 43.4 Å². The van der Waals surface area contributed by atoms with Crippen molar-refractivity contribution in [2.24, 2.45) is 0 Å². The summed E-state index contributed by atoms with van der Waals surface area (Å²) in [6.07, 6.45) is 3.69. The molecule has 3 heterocycles. The summed E-state index contributed by atoms with van der Waals surface area (Å²) in [6.45, 7) is 7.30. The van der Waals surface area contributed by atoms with Crippen molar-refractivity contribution >= 4 is 22.4 Å². The van der Waals surface area contributed by atoms with Gasteiger partial charge >= 0.3 is 0 Å². The third-order valence-corrected chi connectivity index (χ3v) is 5.11. The Balaban J connectivity index is 1.45. The van der Waals surface area contributed by atoms with Gasteiger partial charge in [0.05, 0.1) is 11.2 Å². The molecule has 1 aromatic carbocycles. The normalized spacial score (nSPS) is 15.4. The zero-order valence-electron chi connectivity index (χ0n) is 15.4. The van der Waals surface area contributed by atoms with E-state index in [-0.39, 0.29) is 0 Å². The maximum atomic E-state index is 4.50. The van der Waals surface area contributed by atoms with Gasteiger partial charge in [-0.3, -0.25) is 9.97 Å². The number of nitrogens with one attached hydrogen (secondary N) is 1. The fourth-order valence-electron chi connectivity index (χ4n) is 3.40. The largest absolute Gasteiger partial charge is 0.379 e. The standard InChI is InChI=1S/C21H25N5/c1-16-7-9-23-21-19(8-10-22-20(16)21)24-15-17-3-5-18(6-4-17)26-13-11-25(2)12-14-26/h3-10H,11-15H2,1-2H3,(H,22,24). The lowest BCUT2D eigenvalue weighted by molar-refractivity contribution is 0.313. The molecule has 0 atom stereocenters. The predicted molar refractivity (Wildman–Crippen MR) is 108 cm³/mol. The summed E-state index contributed by atoms with van der Waals surface area (Å²) < 4.78 is 0. The summed E-state index contributed by atoms with van der Waals surface area (Å²) in [4.78, 5) is 13.8. The first kappa shape index (κ1) is 16.8. The highest BCUT2D eigenvalue weighted by Crippen LogP contribution is 2.22. The highest BCUT2D eigenvalue weighted by molar-refractivity contribution is 5.88. The lowest BCUT2D eigenvalue weighted by atomic mass is 10.1. The first-order chi connectivity index (χ1) is 12.7. The van der Waals surface area contributed by atoms with Crippen LogP contribution >= 0.6 is 0 Å². The van der Waals surface area contributed by atoms with Gasteiger partial charge in [0.15, 0.2) is 0 Å². The van der Waals surface area contributed by atoms with E-state index in [1.54, 1.807) is 0 Å². The van der Waals surface area contributed by atoms with Gasteiger partial charge in [-0.25, -0.2) is 0 Å². The summed E-state index contributed by atoms with van der Waals surface area (Å²) in [5.41, 5.74) is 6.65. The van der Waals surface area contributed by atoms with E-state index in [2.05, 4.69) is 63.3 Å². The maximum Gasteiger partial charge on any atom is 0.112 e. The number of rotatable bonds is 4. The Hall–Kier alpha value is -2.66. The minimum atomic E-state index is 0.776. The first-order valence-corrected chi connectivity index (χ1v) is 9.17. The van der Waals surface area contributed by atoms with Crippen LogP contribution in [0.4, 0.5) is 11.4 Å².